The lowest BCUT2D eigenvalue weighted by Gasteiger charge is -1.96. The van der Waals surface area contributed by atoms with Crippen LogP contribution < -0.4 is 9.47 Å². The molecule has 0 unspecified atom stereocenters. The molecule has 6 heteroatoms. The standard InChI is InChI=1S/C9H7F2NO2S/c1-13-5-2-3-6-7(4-5)15-9(12-6)14-8(10)11/h2-4,8H,1H3. The number of hydrogen-bond acceptors (Lipinski definition) is 4. The van der Waals surface area contributed by atoms with Crippen molar-refractivity contribution in [2.24, 2.45) is 0 Å². The zero-order chi connectivity index (χ0) is 10.8. The van der Waals surface area contributed by atoms with E-state index in [1.165, 1.54) is 0 Å². The smallest absolute Gasteiger partial charge is 0.389 e. The van der Waals surface area contributed by atoms with E-state index in [-0.39, 0.29) is 5.19 Å². The highest BCUT2D eigenvalue weighted by Crippen LogP contribution is 2.31. The molecule has 0 aliphatic heterocycles. The number of nitrogens with zero attached hydrogens (tertiary/aromatic N) is 1. The second kappa shape index (κ2) is 3.98. The van der Waals surface area contributed by atoms with Crippen LogP contribution in [0.3, 0.4) is 0 Å². The topological polar surface area (TPSA) is 31.4 Å². The van der Waals surface area contributed by atoms with Gasteiger partial charge in [-0.05, 0) is 18.2 Å². The third-order valence-electron chi connectivity index (χ3n) is 1.77. The van der Waals surface area contributed by atoms with Gasteiger partial charge in [0.2, 0.25) is 0 Å². The van der Waals surface area contributed by atoms with Crippen molar-refractivity contribution in [3.63, 3.8) is 0 Å². The van der Waals surface area contributed by atoms with Gasteiger partial charge in [0.15, 0.2) is 0 Å². The molecule has 0 radical (unpaired) electrons. The molecule has 0 spiro atoms. The number of hydrogen-bond donors (Lipinski definition) is 0. The monoisotopic (exact) mass is 231 g/mol. The molecular weight excluding hydrogens is 224 g/mol. The predicted molar refractivity (Wildman–Crippen MR) is 52.8 cm³/mol. The van der Waals surface area contributed by atoms with Gasteiger partial charge in [0.25, 0.3) is 5.19 Å². The summed E-state index contributed by atoms with van der Waals surface area (Å²) in [6.07, 6.45) is 0. The van der Waals surface area contributed by atoms with Crippen molar-refractivity contribution < 1.29 is 18.3 Å². The first-order chi connectivity index (χ1) is 7.19. The summed E-state index contributed by atoms with van der Waals surface area (Å²) in [6.45, 7) is -2.84. The lowest BCUT2D eigenvalue weighted by atomic mass is 10.3. The first kappa shape index (κ1) is 10.1. The van der Waals surface area contributed by atoms with E-state index in [0.717, 1.165) is 16.0 Å². The highest BCUT2D eigenvalue weighted by molar-refractivity contribution is 7.20. The number of benzene rings is 1. The minimum atomic E-state index is -2.84. The molecule has 0 atom stereocenters. The summed E-state index contributed by atoms with van der Waals surface area (Å²) >= 11 is 1.06. The Hall–Kier alpha value is -1.43. The Morgan fingerprint density at radius 2 is 2.20 bits per heavy atom. The van der Waals surface area contributed by atoms with Crippen LogP contribution in [0.4, 0.5) is 8.78 Å². The molecule has 2 rings (SSSR count). The van der Waals surface area contributed by atoms with Crippen LogP contribution >= 0.6 is 11.3 Å². The average Bonchev–Trinajstić information content (AvgIpc) is 2.57. The van der Waals surface area contributed by atoms with Gasteiger partial charge in [-0.3, -0.25) is 0 Å². The zero-order valence-corrected chi connectivity index (χ0v) is 8.55. The van der Waals surface area contributed by atoms with E-state index in [9.17, 15) is 8.78 Å². The Kier molecular flexibility index (Phi) is 2.68. The third kappa shape index (κ3) is 2.15. The molecule has 15 heavy (non-hydrogen) atoms. The Labute approximate surface area is 88.3 Å². The van der Waals surface area contributed by atoms with Crippen molar-refractivity contribution in [1.29, 1.82) is 0 Å². The molecule has 1 aromatic heterocycles. The van der Waals surface area contributed by atoms with Gasteiger partial charge in [-0.2, -0.15) is 8.78 Å². The molecule has 80 valence electrons. The molecule has 1 heterocycles. The quantitative estimate of drug-likeness (QED) is 0.813. The molecule has 1 aromatic carbocycles. The van der Waals surface area contributed by atoms with Crippen LogP contribution in [0, 0.1) is 0 Å². The molecular formula is C9H7F2NO2S. The summed E-state index contributed by atoms with van der Waals surface area (Å²) in [5.74, 6) is 0.662. The van der Waals surface area contributed by atoms with E-state index in [1.807, 2.05) is 0 Å². The van der Waals surface area contributed by atoms with Gasteiger partial charge in [-0.25, -0.2) is 4.98 Å². The highest BCUT2D eigenvalue weighted by Gasteiger charge is 2.10. The lowest BCUT2D eigenvalue weighted by molar-refractivity contribution is -0.0497. The Bertz CT molecular complexity index is 472. The highest BCUT2D eigenvalue weighted by atomic mass is 32.1. The summed E-state index contributed by atoms with van der Waals surface area (Å²) < 4.78 is 33.8. The molecule has 0 aliphatic carbocycles. The number of methoxy groups -OCH3 is 1. The van der Waals surface area contributed by atoms with Crippen molar-refractivity contribution in [1.82, 2.24) is 4.98 Å². The predicted octanol–water partition coefficient (Wildman–Crippen LogP) is 2.91. The number of alkyl halides is 2. The van der Waals surface area contributed by atoms with E-state index in [0.29, 0.717) is 11.3 Å². The summed E-state index contributed by atoms with van der Waals surface area (Å²) in [6, 6.07) is 5.14. The third-order valence-corrected chi connectivity index (χ3v) is 2.67. The first-order valence-corrected chi connectivity index (χ1v) is 4.90. The molecule has 0 saturated heterocycles. The summed E-state index contributed by atoms with van der Waals surface area (Å²) in [4.78, 5) is 3.89. The second-order valence-electron chi connectivity index (χ2n) is 2.69. The van der Waals surface area contributed by atoms with Crippen LogP contribution in [0.25, 0.3) is 10.2 Å². The van der Waals surface area contributed by atoms with Gasteiger partial charge in [0.05, 0.1) is 17.3 Å². The summed E-state index contributed by atoms with van der Waals surface area (Å²) in [5, 5.41) is -0.0340. The van der Waals surface area contributed by atoms with E-state index in [4.69, 9.17) is 4.74 Å². The van der Waals surface area contributed by atoms with E-state index >= 15 is 0 Å². The molecule has 0 N–H and O–H groups in total. The first-order valence-electron chi connectivity index (χ1n) is 4.08. The van der Waals surface area contributed by atoms with Crippen molar-refractivity contribution in [2.75, 3.05) is 7.11 Å². The molecule has 0 saturated carbocycles. The average molecular weight is 231 g/mol. The van der Waals surface area contributed by atoms with Crippen LogP contribution in [0.5, 0.6) is 10.9 Å². The number of thiazole rings is 1. The number of rotatable bonds is 3. The normalized spacial score (nSPS) is 10.9. The van der Waals surface area contributed by atoms with Crippen molar-refractivity contribution >= 4 is 21.6 Å². The van der Waals surface area contributed by atoms with Crippen LogP contribution in [0.15, 0.2) is 18.2 Å². The SMILES string of the molecule is COc1ccc2nc(OC(F)F)sc2c1. The molecule has 0 bridgehead atoms. The number of aromatic nitrogens is 1. The van der Waals surface area contributed by atoms with E-state index in [1.54, 1.807) is 25.3 Å². The van der Waals surface area contributed by atoms with Crippen molar-refractivity contribution in [2.45, 2.75) is 6.61 Å². The van der Waals surface area contributed by atoms with Gasteiger partial charge in [0.1, 0.15) is 5.75 Å². The van der Waals surface area contributed by atoms with Gasteiger partial charge in [-0.15, -0.1) is 0 Å². The largest absolute Gasteiger partial charge is 0.497 e. The lowest BCUT2D eigenvalue weighted by Crippen LogP contribution is -2.00. The summed E-state index contributed by atoms with van der Waals surface area (Å²) in [5.41, 5.74) is 0.622. The number of halogens is 2. The second-order valence-corrected chi connectivity index (χ2v) is 3.69. The van der Waals surface area contributed by atoms with Crippen LogP contribution in [-0.2, 0) is 0 Å². The summed E-state index contributed by atoms with van der Waals surface area (Å²) in [7, 11) is 1.54. The number of fused-ring (bicyclic) bond motifs is 1. The molecule has 0 amide bonds. The van der Waals surface area contributed by atoms with Gasteiger partial charge in [0, 0.05) is 0 Å². The minimum absolute atomic E-state index is 0.0340. The Morgan fingerprint density at radius 1 is 1.40 bits per heavy atom. The van der Waals surface area contributed by atoms with Gasteiger partial charge < -0.3 is 9.47 Å². The van der Waals surface area contributed by atoms with Gasteiger partial charge >= 0.3 is 6.61 Å². The molecule has 0 aliphatic rings. The van der Waals surface area contributed by atoms with Gasteiger partial charge in [-0.1, -0.05) is 11.3 Å². The molecule has 3 nitrogen and oxygen atoms in total. The molecule has 2 aromatic rings. The van der Waals surface area contributed by atoms with Crippen LogP contribution in [0.2, 0.25) is 0 Å². The Morgan fingerprint density at radius 3 is 2.87 bits per heavy atom. The maximum Gasteiger partial charge on any atom is 0.389 e. The maximum absolute atomic E-state index is 11.9. The Balaban J connectivity index is 2.37. The van der Waals surface area contributed by atoms with Crippen LogP contribution in [0.1, 0.15) is 0 Å². The van der Waals surface area contributed by atoms with E-state index in [2.05, 4.69) is 9.72 Å². The number of ether oxygens (including phenoxy) is 2. The molecule has 0 fully saturated rings. The van der Waals surface area contributed by atoms with Crippen molar-refractivity contribution in [3.05, 3.63) is 18.2 Å². The van der Waals surface area contributed by atoms with Crippen LogP contribution in [-0.4, -0.2) is 18.7 Å². The fraction of sp³-hybridized carbons (Fsp3) is 0.222. The fourth-order valence-corrected chi connectivity index (χ4v) is 1.98. The maximum atomic E-state index is 11.9. The zero-order valence-electron chi connectivity index (χ0n) is 7.74. The van der Waals surface area contributed by atoms with E-state index < -0.39 is 6.61 Å². The fourth-order valence-electron chi connectivity index (χ4n) is 1.14. The van der Waals surface area contributed by atoms with Crippen molar-refractivity contribution in [3.8, 4) is 10.9 Å². The minimum Gasteiger partial charge on any atom is -0.497 e.